The standard InChI is InChI=1S/C26H30INO4/c1-17(29)26(2)16-28(25(30)18-8-11-20(27)12-9-18)15-22(26)19-10-13-23(31-3)24(14-19)32-21-6-4-5-7-21/h8-14,21-22H,4-7,15-16H2,1-3H3. The zero-order valence-corrected chi connectivity index (χ0v) is 21.1. The van der Waals surface area contributed by atoms with Crippen LogP contribution in [0, 0.1) is 8.99 Å². The molecule has 4 rings (SSSR count). The number of hydrogen-bond donors (Lipinski definition) is 0. The molecule has 1 heterocycles. The van der Waals surface area contributed by atoms with Crippen LogP contribution >= 0.6 is 22.6 Å². The van der Waals surface area contributed by atoms with Gasteiger partial charge in [-0.3, -0.25) is 9.59 Å². The minimum Gasteiger partial charge on any atom is -0.493 e. The number of rotatable bonds is 6. The molecule has 0 bridgehead atoms. The quantitative estimate of drug-likeness (QED) is 0.451. The van der Waals surface area contributed by atoms with E-state index >= 15 is 0 Å². The summed E-state index contributed by atoms with van der Waals surface area (Å²) in [6.07, 6.45) is 4.70. The first kappa shape index (κ1) is 23.1. The predicted molar refractivity (Wildman–Crippen MR) is 132 cm³/mol. The SMILES string of the molecule is COc1ccc(C2CN(C(=O)c3ccc(I)cc3)CC2(C)C(C)=O)cc1OC1CCCC1. The van der Waals surface area contributed by atoms with E-state index in [-0.39, 0.29) is 23.7 Å². The number of methoxy groups -OCH3 is 1. The highest BCUT2D eigenvalue weighted by Crippen LogP contribution is 2.46. The number of amides is 1. The molecule has 2 fully saturated rings. The van der Waals surface area contributed by atoms with Gasteiger partial charge in [0.05, 0.1) is 18.6 Å². The van der Waals surface area contributed by atoms with E-state index in [4.69, 9.17) is 9.47 Å². The normalized spacial score (nSPS) is 23.4. The van der Waals surface area contributed by atoms with Gasteiger partial charge in [-0.05, 0) is 97.2 Å². The van der Waals surface area contributed by atoms with Gasteiger partial charge in [0.15, 0.2) is 11.5 Å². The molecule has 1 aliphatic heterocycles. The number of ether oxygens (including phenoxy) is 2. The number of benzene rings is 2. The highest BCUT2D eigenvalue weighted by Gasteiger charge is 2.48. The lowest BCUT2D eigenvalue weighted by Gasteiger charge is -2.28. The number of halogens is 1. The van der Waals surface area contributed by atoms with Crippen LogP contribution in [0.15, 0.2) is 42.5 Å². The highest BCUT2D eigenvalue weighted by atomic mass is 127. The Bertz CT molecular complexity index is 999. The van der Waals surface area contributed by atoms with Crippen LogP contribution in [-0.2, 0) is 4.79 Å². The molecule has 0 aromatic heterocycles. The topological polar surface area (TPSA) is 55.8 Å². The summed E-state index contributed by atoms with van der Waals surface area (Å²) in [6.45, 7) is 4.51. The maximum absolute atomic E-state index is 13.2. The van der Waals surface area contributed by atoms with Gasteiger partial charge in [0.25, 0.3) is 5.91 Å². The Hall–Kier alpha value is -2.09. The fraction of sp³-hybridized carbons (Fsp3) is 0.462. The molecule has 0 N–H and O–H groups in total. The predicted octanol–water partition coefficient (Wildman–Crippen LogP) is 5.46. The van der Waals surface area contributed by atoms with E-state index in [2.05, 4.69) is 22.6 Å². The third-order valence-electron chi connectivity index (χ3n) is 7.06. The molecule has 0 spiro atoms. The van der Waals surface area contributed by atoms with Crippen molar-refractivity contribution in [2.24, 2.45) is 5.41 Å². The first-order valence-corrected chi connectivity index (χ1v) is 12.3. The fourth-order valence-corrected chi connectivity index (χ4v) is 5.30. The Morgan fingerprint density at radius 3 is 2.38 bits per heavy atom. The van der Waals surface area contributed by atoms with Gasteiger partial charge in [-0.15, -0.1) is 0 Å². The second kappa shape index (κ2) is 9.41. The van der Waals surface area contributed by atoms with Crippen LogP contribution in [-0.4, -0.2) is 42.9 Å². The summed E-state index contributed by atoms with van der Waals surface area (Å²) in [4.78, 5) is 27.8. The summed E-state index contributed by atoms with van der Waals surface area (Å²) in [7, 11) is 1.65. The minimum atomic E-state index is -0.655. The Kier molecular flexibility index (Phi) is 6.79. The van der Waals surface area contributed by atoms with Crippen molar-refractivity contribution in [1.29, 1.82) is 0 Å². The van der Waals surface area contributed by atoms with E-state index in [1.54, 1.807) is 14.0 Å². The average molecular weight is 547 g/mol. The number of carbonyl (C=O) groups is 2. The van der Waals surface area contributed by atoms with E-state index in [1.807, 2.05) is 54.3 Å². The maximum Gasteiger partial charge on any atom is 0.253 e. The molecule has 2 unspecified atom stereocenters. The molecule has 1 aliphatic carbocycles. The van der Waals surface area contributed by atoms with Crippen molar-refractivity contribution in [2.75, 3.05) is 20.2 Å². The maximum atomic E-state index is 13.2. The number of hydrogen-bond acceptors (Lipinski definition) is 4. The summed E-state index contributed by atoms with van der Waals surface area (Å²) < 4.78 is 12.9. The van der Waals surface area contributed by atoms with Crippen molar-refractivity contribution in [2.45, 2.75) is 51.6 Å². The third kappa shape index (κ3) is 4.51. The van der Waals surface area contributed by atoms with Gasteiger partial charge in [-0.1, -0.05) is 13.0 Å². The van der Waals surface area contributed by atoms with Crippen LogP contribution in [0.2, 0.25) is 0 Å². The summed E-state index contributed by atoms with van der Waals surface area (Å²) in [5.74, 6) is 1.38. The Morgan fingerprint density at radius 1 is 1.06 bits per heavy atom. The molecule has 32 heavy (non-hydrogen) atoms. The number of Topliss-reactive ketones (excluding diaryl/α,β-unsaturated/α-hetero) is 1. The van der Waals surface area contributed by atoms with Crippen molar-refractivity contribution < 1.29 is 19.1 Å². The second-order valence-corrected chi connectivity index (χ2v) is 10.4. The molecule has 2 aromatic rings. The lowest BCUT2D eigenvalue weighted by molar-refractivity contribution is -0.125. The van der Waals surface area contributed by atoms with E-state index in [9.17, 15) is 9.59 Å². The Labute approximate surface area is 203 Å². The monoisotopic (exact) mass is 547 g/mol. The molecule has 1 amide bonds. The van der Waals surface area contributed by atoms with Crippen molar-refractivity contribution >= 4 is 34.3 Å². The van der Waals surface area contributed by atoms with Crippen LogP contribution in [0.5, 0.6) is 11.5 Å². The molecule has 170 valence electrons. The van der Waals surface area contributed by atoms with Gasteiger partial charge in [-0.2, -0.15) is 0 Å². The zero-order valence-electron chi connectivity index (χ0n) is 18.9. The number of likely N-dealkylation sites (tertiary alicyclic amines) is 1. The molecule has 5 nitrogen and oxygen atoms in total. The van der Waals surface area contributed by atoms with Crippen LogP contribution in [0.3, 0.4) is 0 Å². The molecule has 6 heteroatoms. The van der Waals surface area contributed by atoms with Gasteiger partial charge in [-0.25, -0.2) is 0 Å². The molecule has 1 saturated heterocycles. The molecular weight excluding hydrogens is 517 g/mol. The minimum absolute atomic E-state index is 0.0349. The van der Waals surface area contributed by atoms with Crippen molar-refractivity contribution in [3.8, 4) is 11.5 Å². The number of nitrogens with zero attached hydrogens (tertiary/aromatic N) is 1. The fourth-order valence-electron chi connectivity index (χ4n) is 4.94. The molecule has 1 saturated carbocycles. The summed E-state index contributed by atoms with van der Waals surface area (Å²) in [5, 5.41) is 0. The summed E-state index contributed by atoms with van der Waals surface area (Å²) >= 11 is 2.23. The lowest BCUT2D eigenvalue weighted by Crippen LogP contribution is -2.35. The van der Waals surface area contributed by atoms with Gasteiger partial charge in [0.1, 0.15) is 5.78 Å². The van der Waals surface area contributed by atoms with Crippen molar-refractivity contribution in [3.63, 3.8) is 0 Å². The van der Waals surface area contributed by atoms with Crippen LogP contribution in [0.25, 0.3) is 0 Å². The van der Waals surface area contributed by atoms with Crippen LogP contribution in [0.4, 0.5) is 0 Å². The summed E-state index contributed by atoms with van der Waals surface area (Å²) in [5.41, 5.74) is 1.00. The van der Waals surface area contributed by atoms with E-state index in [0.717, 1.165) is 27.7 Å². The zero-order chi connectivity index (χ0) is 22.9. The van der Waals surface area contributed by atoms with Crippen LogP contribution in [0.1, 0.15) is 61.4 Å². The smallest absolute Gasteiger partial charge is 0.253 e. The third-order valence-corrected chi connectivity index (χ3v) is 7.78. The first-order chi connectivity index (χ1) is 15.3. The summed E-state index contributed by atoms with van der Waals surface area (Å²) in [6, 6.07) is 13.5. The molecule has 2 atom stereocenters. The first-order valence-electron chi connectivity index (χ1n) is 11.2. The van der Waals surface area contributed by atoms with Crippen LogP contribution < -0.4 is 9.47 Å². The highest BCUT2D eigenvalue weighted by molar-refractivity contribution is 14.1. The van der Waals surface area contributed by atoms with Gasteiger partial charge < -0.3 is 14.4 Å². The molecule has 2 aromatic carbocycles. The van der Waals surface area contributed by atoms with Gasteiger partial charge >= 0.3 is 0 Å². The van der Waals surface area contributed by atoms with E-state index < -0.39 is 5.41 Å². The Morgan fingerprint density at radius 2 is 1.75 bits per heavy atom. The van der Waals surface area contributed by atoms with Gasteiger partial charge in [0.2, 0.25) is 0 Å². The number of ketones is 1. The van der Waals surface area contributed by atoms with Crippen molar-refractivity contribution in [3.05, 3.63) is 57.2 Å². The average Bonchev–Trinajstić information content (AvgIpc) is 3.42. The molecule has 2 aliphatic rings. The molecule has 0 radical (unpaired) electrons. The Balaban J connectivity index is 1.64. The largest absolute Gasteiger partial charge is 0.493 e. The van der Waals surface area contributed by atoms with Gasteiger partial charge in [0, 0.05) is 28.1 Å². The van der Waals surface area contributed by atoms with E-state index in [0.29, 0.717) is 24.4 Å². The van der Waals surface area contributed by atoms with E-state index in [1.165, 1.54) is 12.8 Å². The lowest BCUT2D eigenvalue weighted by atomic mass is 9.73. The molecular formula is C26H30INO4. The van der Waals surface area contributed by atoms with Crippen molar-refractivity contribution in [1.82, 2.24) is 4.90 Å². The number of carbonyl (C=O) groups excluding carboxylic acids is 2. The second-order valence-electron chi connectivity index (χ2n) is 9.15.